The van der Waals surface area contributed by atoms with Gasteiger partial charge in [-0.1, -0.05) is 30.3 Å². The van der Waals surface area contributed by atoms with Gasteiger partial charge in [0.05, 0.1) is 19.8 Å². The second kappa shape index (κ2) is 8.94. The number of carbonyl (C=O) groups excluding carboxylic acids is 2. The molecule has 8 nitrogen and oxygen atoms in total. The largest absolute Gasteiger partial charge is 0.494 e. The summed E-state index contributed by atoms with van der Waals surface area (Å²) in [4.78, 5) is 37.0. The molecule has 2 atom stereocenters. The van der Waals surface area contributed by atoms with Crippen LogP contribution in [0.15, 0.2) is 48.5 Å². The van der Waals surface area contributed by atoms with E-state index in [0.717, 1.165) is 46.6 Å². The van der Waals surface area contributed by atoms with Crippen molar-refractivity contribution in [2.75, 3.05) is 46.0 Å². The van der Waals surface area contributed by atoms with Gasteiger partial charge in [0.1, 0.15) is 17.3 Å². The van der Waals surface area contributed by atoms with Gasteiger partial charge in [-0.3, -0.25) is 19.5 Å². The van der Waals surface area contributed by atoms with Crippen LogP contribution in [0.1, 0.15) is 36.7 Å². The number of amides is 3. The summed E-state index contributed by atoms with van der Waals surface area (Å²) in [6.07, 6.45) is 0.458. The number of benzene rings is 2. The lowest BCUT2D eigenvalue weighted by molar-refractivity contribution is -0.133. The number of nitrogens with zero attached hydrogens (tertiary/aromatic N) is 3. The Morgan fingerprint density at radius 3 is 2.61 bits per heavy atom. The summed E-state index contributed by atoms with van der Waals surface area (Å²) in [6, 6.07) is 15.4. The number of aromatic amines is 1. The van der Waals surface area contributed by atoms with E-state index in [2.05, 4.69) is 9.88 Å². The summed E-state index contributed by atoms with van der Waals surface area (Å²) < 4.78 is 11.2. The van der Waals surface area contributed by atoms with Crippen molar-refractivity contribution in [2.45, 2.75) is 31.8 Å². The van der Waals surface area contributed by atoms with E-state index in [1.165, 1.54) is 4.90 Å². The molecule has 0 radical (unpaired) electrons. The summed E-state index contributed by atoms with van der Waals surface area (Å²) in [7, 11) is 0. The van der Waals surface area contributed by atoms with Crippen molar-refractivity contribution >= 4 is 22.8 Å². The number of imide groups is 1. The van der Waals surface area contributed by atoms with Gasteiger partial charge in [-0.2, -0.15) is 0 Å². The summed E-state index contributed by atoms with van der Waals surface area (Å²) >= 11 is 0. The third kappa shape index (κ3) is 3.59. The van der Waals surface area contributed by atoms with Gasteiger partial charge in [-0.05, 0) is 43.2 Å². The minimum absolute atomic E-state index is 0.123. The number of H-pyrrole nitrogens is 1. The Hall–Kier alpha value is -3.36. The topological polar surface area (TPSA) is 78.1 Å². The van der Waals surface area contributed by atoms with Crippen LogP contribution >= 0.6 is 0 Å². The third-order valence-electron chi connectivity index (χ3n) is 7.81. The maximum absolute atomic E-state index is 13.9. The van der Waals surface area contributed by atoms with Gasteiger partial charge in [-0.15, -0.1) is 0 Å². The fourth-order valence-electron chi connectivity index (χ4n) is 5.99. The van der Waals surface area contributed by atoms with Crippen molar-refractivity contribution < 1.29 is 19.1 Å². The van der Waals surface area contributed by atoms with Gasteiger partial charge in [0.15, 0.2) is 0 Å². The molecule has 2 aromatic carbocycles. The number of hydrogen-bond donors (Lipinski definition) is 1. The molecular formula is C28H32N4O4. The first kappa shape index (κ1) is 23.1. The van der Waals surface area contributed by atoms with E-state index in [-0.39, 0.29) is 18.0 Å². The van der Waals surface area contributed by atoms with Crippen molar-refractivity contribution in [3.8, 4) is 5.75 Å². The molecule has 4 heterocycles. The van der Waals surface area contributed by atoms with Gasteiger partial charge >= 0.3 is 6.03 Å². The zero-order valence-electron chi connectivity index (χ0n) is 20.8. The Morgan fingerprint density at radius 2 is 1.86 bits per heavy atom. The molecule has 3 aromatic rings. The first-order valence-corrected chi connectivity index (χ1v) is 12.8. The zero-order chi connectivity index (χ0) is 24.9. The van der Waals surface area contributed by atoms with Gasteiger partial charge in [0, 0.05) is 49.2 Å². The molecule has 6 rings (SSSR count). The van der Waals surface area contributed by atoms with E-state index in [4.69, 9.17) is 9.47 Å². The maximum atomic E-state index is 13.9. The molecule has 0 unspecified atom stereocenters. The lowest BCUT2D eigenvalue weighted by atomic mass is 9.81. The van der Waals surface area contributed by atoms with Crippen molar-refractivity contribution in [2.24, 2.45) is 0 Å². The fraction of sp³-hybridized carbons (Fsp3) is 0.429. The molecule has 2 fully saturated rings. The van der Waals surface area contributed by atoms with Crippen LogP contribution in [-0.2, 0) is 16.0 Å². The summed E-state index contributed by atoms with van der Waals surface area (Å²) in [6.45, 7) is 8.54. The summed E-state index contributed by atoms with van der Waals surface area (Å²) in [5.74, 6) is 0.680. The van der Waals surface area contributed by atoms with Gasteiger partial charge in [0.2, 0.25) is 0 Å². The normalized spacial score (nSPS) is 24.3. The number of nitrogens with one attached hydrogen (secondary N) is 1. The highest BCUT2D eigenvalue weighted by atomic mass is 16.5. The summed E-state index contributed by atoms with van der Waals surface area (Å²) in [5, 5.41) is 1.05. The highest BCUT2D eigenvalue weighted by molar-refractivity contribution is 6.08. The quantitative estimate of drug-likeness (QED) is 0.537. The van der Waals surface area contributed by atoms with Gasteiger partial charge < -0.3 is 14.5 Å². The highest BCUT2D eigenvalue weighted by Crippen LogP contribution is 2.48. The zero-order valence-corrected chi connectivity index (χ0v) is 20.8. The Bertz CT molecular complexity index is 1300. The molecule has 0 bridgehead atoms. The number of carbonyl (C=O) groups is 2. The number of hydrogen-bond acceptors (Lipinski definition) is 5. The predicted octanol–water partition coefficient (Wildman–Crippen LogP) is 3.57. The Balaban J connectivity index is 1.42. The van der Waals surface area contributed by atoms with Gasteiger partial charge in [-0.25, -0.2) is 4.79 Å². The molecule has 0 saturated carbocycles. The molecule has 8 heteroatoms. The van der Waals surface area contributed by atoms with E-state index in [9.17, 15) is 9.59 Å². The predicted molar refractivity (Wildman–Crippen MR) is 136 cm³/mol. The molecule has 0 aliphatic carbocycles. The van der Waals surface area contributed by atoms with Crippen LogP contribution in [0.25, 0.3) is 10.9 Å². The van der Waals surface area contributed by atoms with E-state index in [0.29, 0.717) is 39.3 Å². The van der Waals surface area contributed by atoms with Crippen molar-refractivity contribution in [3.05, 3.63) is 65.4 Å². The number of fused-ring (bicyclic) bond motifs is 4. The van der Waals surface area contributed by atoms with Crippen LogP contribution in [0, 0.1) is 0 Å². The molecule has 3 amide bonds. The maximum Gasteiger partial charge on any atom is 0.328 e. The molecule has 2 saturated heterocycles. The lowest BCUT2D eigenvalue weighted by Crippen LogP contribution is -2.53. The van der Waals surface area contributed by atoms with Crippen LogP contribution < -0.4 is 4.74 Å². The van der Waals surface area contributed by atoms with Crippen LogP contribution in [-0.4, -0.2) is 83.2 Å². The first-order valence-electron chi connectivity index (χ1n) is 12.8. The molecule has 0 spiro atoms. The van der Waals surface area contributed by atoms with Crippen molar-refractivity contribution in [3.63, 3.8) is 0 Å². The molecule has 1 N–H and O–H groups in total. The van der Waals surface area contributed by atoms with Crippen LogP contribution in [0.5, 0.6) is 5.75 Å². The SMILES string of the molecule is CCOc1ccc2[nH]c3c(c2c1)C[C@@]1(C)C(=O)N(CCN2CCOCC2)C(=O)N1[C@@H]3c1ccccc1. The van der Waals surface area contributed by atoms with Crippen molar-refractivity contribution in [1.29, 1.82) is 0 Å². The minimum Gasteiger partial charge on any atom is -0.494 e. The van der Waals surface area contributed by atoms with Gasteiger partial charge in [0.25, 0.3) is 5.91 Å². The van der Waals surface area contributed by atoms with Crippen LogP contribution in [0.2, 0.25) is 0 Å². The first-order chi connectivity index (χ1) is 17.5. The Labute approximate surface area is 210 Å². The average Bonchev–Trinajstić information content (AvgIpc) is 3.34. The molecule has 1 aromatic heterocycles. The third-order valence-corrected chi connectivity index (χ3v) is 7.81. The fourth-order valence-corrected chi connectivity index (χ4v) is 5.99. The van der Waals surface area contributed by atoms with E-state index < -0.39 is 5.54 Å². The number of urea groups is 1. The monoisotopic (exact) mass is 488 g/mol. The van der Waals surface area contributed by atoms with Crippen LogP contribution in [0.3, 0.4) is 0 Å². The number of morpholine rings is 1. The second-order valence-electron chi connectivity index (χ2n) is 9.98. The highest BCUT2D eigenvalue weighted by Gasteiger charge is 2.60. The van der Waals surface area contributed by atoms with Crippen LogP contribution in [0.4, 0.5) is 4.79 Å². The standard InChI is InChI=1S/C28H32N4O4/c1-3-36-20-9-10-23-21(17-20)22-18-28(2)26(33)31(12-11-30-13-15-35-16-14-30)27(34)32(28)25(24(22)29-23)19-7-5-4-6-8-19/h4-10,17,25,29H,3,11-16,18H2,1-2H3/t25-,28+/m1/s1. The molecule has 36 heavy (non-hydrogen) atoms. The molecule has 188 valence electrons. The van der Waals surface area contributed by atoms with Crippen molar-refractivity contribution in [1.82, 2.24) is 19.7 Å². The average molecular weight is 489 g/mol. The molecule has 3 aliphatic heterocycles. The number of ether oxygens (including phenoxy) is 2. The Kier molecular flexibility index (Phi) is 5.73. The molecule has 3 aliphatic rings. The second-order valence-corrected chi connectivity index (χ2v) is 9.98. The number of aromatic nitrogens is 1. The number of rotatable bonds is 6. The van der Waals surface area contributed by atoms with E-state index in [1.54, 1.807) is 0 Å². The summed E-state index contributed by atoms with van der Waals surface area (Å²) in [5.41, 5.74) is 3.05. The molecular weight excluding hydrogens is 456 g/mol. The smallest absolute Gasteiger partial charge is 0.328 e. The lowest BCUT2D eigenvalue weighted by Gasteiger charge is -2.42. The van der Waals surface area contributed by atoms with E-state index in [1.807, 2.05) is 67.3 Å². The minimum atomic E-state index is -0.966. The van der Waals surface area contributed by atoms with E-state index >= 15 is 0 Å². The Morgan fingerprint density at radius 1 is 1.08 bits per heavy atom.